The van der Waals surface area contributed by atoms with Crippen LogP contribution >= 0.6 is 15.9 Å². The van der Waals surface area contributed by atoms with Crippen molar-refractivity contribution in [3.05, 3.63) is 34.1 Å². The molecule has 17 heavy (non-hydrogen) atoms. The summed E-state index contributed by atoms with van der Waals surface area (Å²) in [7, 11) is 0. The van der Waals surface area contributed by atoms with Gasteiger partial charge in [-0.2, -0.15) is 0 Å². The molecule has 0 aromatic heterocycles. The van der Waals surface area contributed by atoms with Crippen LogP contribution < -0.4 is 10.6 Å². The number of rotatable bonds is 2. The average Bonchev–Trinajstić information content (AvgIpc) is 2.63. The Morgan fingerprint density at radius 2 is 2.29 bits per heavy atom. The molecule has 4 nitrogen and oxygen atoms in total. The Balaban J connectivity index is 2.07. The van der Waals surface area contributed by atoms with Gasteiger partial charge in [0.25, 0.3) is 5.91 Å². The first-order chi connectivity index (χ1) is 8.06. The monoisotopic (exact) mass is 300 g/mol. The van der Waals surface area contributed by atoms with Gasteiger partial charge in [-0.25, -0.2) is 4.39 Å². The fourth-order valence-corrected chi connectivity index (χ4v) is 1.98. The SMILES string of the molecule is O=C1CC(NC(=O)c2ccc(Br)cc2F)CN1. The highest BCUT2D eigenvalue weighted by atomic mass is 79.9. The van der Waals surface area contributed by atoms with Crippen LogP contribution in [0.3, 0.4) is 0 Å². The van der Waals surface area contributed by atoms with Crippen LogP contribution in [0.1, 0.15) is 16.8 Å². The van der Waals surface area contributed by atoms with Crippen molar-refractivity contribution < 1.29 is 14.0 Å². The molecule has 0 spiro atoms. The fraction of sp³-hybridized carbons (Fsp3) is 0.273. The maximum atomic E-state index is 13.5. The Morgan fingerprint density at radius 1 is 1.53 bits per heavy atom. The number of halogens is 2. The van der Waals surface area contributed by atoms with Crippen molar-refractivity contribution in [3.63, 3.8) is 0 Å². The third-order valence-corrected chi connectivity index (χ3v) is 2.98. The van der Waals surface area contributed by atoms with Gasteiger partial charge in [-0.3, -0.25) is 9.59 Å². The van der Waals surface area contributed by atoms with E-state index in [0.29, 0.717) is 11.0 Å². The van der Waals surface area contributed by atoms with Crippen molar-refractivity contribution in [1.29, 1.82) is 0 Å². The van der Waals surface area contributed by atoms with Gasteiger partial charge >= 0.3 is 0 Å². The Morgan fingerprint density at radius 3 is 2.88 bits per heavy atom. The van der Waals surface area contributed by atoms with E-state index in [4.69, 9.17) is 0 Å². The van der Waals surface area contributed by atoms with Gasteiger partial charge in [0, 0.05) is 17.4 Å². The average molecular weight is 301 g/mol. The van der Waals surface area contributed by atoms with Crippen LogP contribution in [0.4, 0.5) is 4.39 Å². The largest absolute Gasteiger partial charge is 0.354 e. The minimum absolute atomic E-state index is 0.0208. The Bertz CT molecular complexity index is 479. The summed E-state index contributed by atoms with van der Waals surface area (Å²) in [5.41, 5.74) is -0.0208. The second kappa shape index (κ2) is 4.83. The molecule has 0 aliphatic carbocycles. The fourth-order valence-electron chi connectivity index (χ4n) is 1.64. The molecule has 1 aliphatic heterocycles. The van der Waals surface area contributed by atoms with E-state index in [1.807, 2.05) is 0 Å². The van der Waals surface area contributed by atoms with Crippen molar-refractivity contribution in [2.45, 2.75) is 12.5 Å². The minimum atomic E-state index is -0.589. The second-order valence-electron chi connectivity index (χ2n) is 3.80. The quantitative estimate of drug-likeness (QED) is 0.862. The zero-order chi connectivity index (χ0) is 12.4. The number of benzene rings is 1. The van der Waals surface area contributed by atoms with Crippen LogP contribution in [0.5, 0.6) is 0 Å². The highest BCUT2D eigenvalue weighted by Crippen LogP contribution is 2.15. The highest BCUT2D eigenvalue weighted by molar-refractivity contribution is 9.10. The molecule has 1 unspecified atom stereocenters. The number of amides is 2. The summed E-state index contributed by atoms with van der Waals surface area (Å²) in [6.45, 7) is 0.392. The van der Waals surface area contributed by atoms with E-state index in [0.717, 1.165) is 0 Å². The predicted octanol–water partition coefficient (Wildman–Crippen LogP) is 1.21. The molecule has 1 aliphatic rings. The smallest absolute Gasteiger partial charge is 0.254 e. The summed E-state index contributed by atoms with van der Waals surface area (Å²) in [5.74, 6) is -1.20. The zero-order valence-corrected chi connectivity index (χ0v) is 10.4. The number of nitrogens with one attached hydrogen (secondary N) is 2. The molecule has 1 aromatic carbocycles. The number of carbonyl (C=O) groups excluding carboxylic acids is 2. The van der Waals surface area contributed by atoms with E-state index in [-0.39, 0.29) is 23.9 Å². The van der Waals surface area contributed by atoms with Gasteiger partial charge in [-0.15, -0.1) is 0 Å². The lowest BCUT2D eigenvalue weighted by Gasteiger charge is -2.10. The third-order valence-electron chi connectivity index (χ3n) is 2.49. The molecule has 1 atom stereocenters. The molecule has 2 amide bonds. The van der Waals surface area contributed by atoms with Crippen molar-refractivity contribution in [2.24, 2.45) is 0 Å². The molecule has 90 valence electrons. The summed E-state index contributed by atoms with van der Waals surface area (Å²) in [6.07, 6.45) is 0.240. The second-order valence-corrected chi connectivity index (χ2v) is 4.72. The maximum absolute atomic E-state index is 13.5. The summed E-state index contributed by atoms with van der Waals surface area (Å²) in [4.78, 5) is 22.7. The summed E-state index contributed by atoms with van der Waals surface area (Å²) in [6, 6.07) is 3.96. The standard InChI is InChI=1S/C11H10BrFN2O2/c12-6-1-2-8(9(13)3-6)11(17)15-7-4-10(16)14-5-7/h1-3,7H,4-5H2,(H,14,16)(H,15,17). The van der Waals surface area contributed by atoms with Gasteiger partial charge in [-0.05, 0) is 18.2 Å². The van der Waals surface area contributed by atoms with Crippen molar-refractivity contribution >= 4 is 27.7 Å². The Kier molecular flexibility index (Phi) is 3.42. The molecule has 6 heteroatoms. The van der Waals surface area contributed by atoms with Crippen molar-refractivity contribution in [1.82, 2.24) is 10.6 Å². The van der Waals surface area contributed by atoms with Crippen LogP contribution in [-0.2, 0) is 4.79 Å². The first-order valence-electron chi connectivity index (χ1n) is 5.09. The number of hydrogen-bond acceptors (Lipinski definition) is 2. The van der Waals surface area contributed by atoms with E-state index >= 15 is 0 Å². The van der Waals surface area contributed by atoms with E-state index in [9.17, 15) is 14.0 Å². The molecule has 2 N–H and O–H groups in total. The van der Waals surface area contributed by atoms with Gasteiger partial charge in [0.05, 0.1) is 11.6 Å². The summed E-state index contributed by atoms with van der Waals surface area (Å²) >= 11 is 3.12. The zero-order valence-electron chi connectivity index (χ0n) is 8.80. The normalized spacial score (nSPS) is 18.9. The molecule has 0 radical (unpaired) electrons. The Hall–Kier alpha value is -1.43. The van der Waals surface area contributed by atoms with E-state index in [2.05, 4.69) is 26.6 Å². The molecule has 2 rings (SSSR count). The molecule has 0 bridgehead atoms. The predicted molar refractivity (Wildman–Crippen MR) is 63.0 cm³/mol. The molecule has 0 saturated carbocycles. The molecule has 1 saturated heterocycles. The number of carbonyl (C=O) groups is 2. The van der Waals surface area contributed by atoms with Crippen molar-refractivity contribution in [2.75, 3.05) is 6.54 Å². The van der Waals surface area contributed by atoms with E-state index in [1.165, 1.54) is 12.1 Å². The number of hydrogen-bond donors (Lipinski definition) is 2. The van der Waals surface area contributed by atoms with Gasteiger partial charge in [-0.1, -0.05) is 15.9 Å². The molecule has 1 aromatic rings. The molecular weight excluding hydrogens is 291 g/mol. The van der Waals surface area contributed by atoms with E-state index < -0.39 is 11.7 Å². The van der Waals surface area contributed by atoms with Gasteiger partial charge in [0.15, 0.2) is 0 Å². The molecular formula is C11H10BrFN2O2. The van der Waals surface area contributed by atoms with Crippen LogP contribution in [0.2, 0.25) is 0 Å². The minimum Gasteiger partial charge on any atom is -0.354 e. The Labute approximate surface area is 106 Å². The highest BCUT2D eigenvalue weighted by Gasteiger charge is 2.24. The van der Waals surface area contributed by atoms with Gasteiger partial charge in [0.2, 0.25) is 5.91 Å². The lowest BCUT2D eigenvalue weighted by Crippen LogP contribution is -2.36. The van der Waals surface area contributed by atoms with Gasteiger partial charge in [0.1, 0.15) is 5.82 Å². The molecule has 1 fully saturated rings. The lowest BCUT2D eigenvalue weighted by molar-refractivity contribution is -0.119. The van der Waals surface area contributed by atoms with Crippen LogP contribution in [0.25, 0.3) is 0 Å². The first-order valence-corrected chi connectivity index (χ1v) is 5.88. The summed E-state index contributed by atoms with van der Waals surface area (Å²) in [5, 5.41) is 5.20. The van der Waals surface area contributed by atoms with Crippen LogP contribution in [0, 0.1) is 5.82 Å². The third kappa shape index (κ3) is 2.82. The van der Waals surface area contributed by atoms with Crippen LogP contribution in [-0.4, -0.2) is 24.4 Å². The molecule has 1 heterocycles. The lowest BCUT2D eigenvalue weighted by atomic mass is 10.1. The maximum Gasteiger partial charge on any atom is 0.254 e. The topological polar surface area (TPSA) is 58.2 Å². The summed E-state index contributed by atoms with van der Waals surface area (Å²) < 4.78 is 14.1. The first kappa shape index (κ1) is 12.0. The van der Waals surface area contributed by atoms with Crippen molar-refractivity contribution in [3.8, 4) is 0 Å². The van der Waals surface area contributed by atoms with E-state index in [1.54, 1.807) is 6.07 Å². The van der Waals surface area contributed by atoms with Gasteiger partial charge < -0.3 is 10.6 Å². The van der Waals surface area contributed by atoms with Crippen LogP contribution in [0.15, 0.2) is 22.7 Å².